The Morgan fingerprint density at radius 3 is 2.75 bits per heavy atom. The van der Waals surface area contributed by atoms with Crippen LogP contribution in [0.1, 0.15) is 17.7 Å². The molecule has 1 aromatic carbocycles. The van der Waals surface area contributed by atoms with E-state index in [1.165, 1.54) is 5.56 Å². The number of benzene rings is 1. The van der Waals surface area contributed by atoms with Crippen LogP contribution in [-0.4, -0.2) is 17.9 Å². The van der Waals surface area contributed by atoms with Gasteiger partial charge in [0, 0.05) is 30.4 Å². The number of aromatic nitrogens is 1. The van der Waals surface area contributed by atoms with Crippen molar-refractivity contribution >= 4 is 17.4 Å². The third-order valence-corrected chi connectivity index (χ3v) is 3.84. The standard InChI is InChI=1S/C16H17N3O/c1-10-13(5-7-15(17)18-10)11-3-6-14-12(9-11)4-8-16(20)19(14)2/h3,5-7,9H,4,8H2,1-2H3,(H2,17,18). The second kappa shape index (κ2) is 4.63. The third kappa shape index (κ3) is 2.03. The van der Waals surface area contributed by atoms with Gasteiger partial charge >= 0.3 is 0 Å². The maximum Gasteiger partial charge on any atom is 0.227 e. The quantitative estimate of drug-likeness (QED) is 0.863. The fraction of sp³-hybridized carbons (Fsp3) is 0.250. The van der Waals surface area contributed by atoms with E-state index in [9.17, 15) is 4.79 Å². The zero-order valence-electron chi connectivity index (χ0n) is 11.7. The summed E-state index contributed by atoms with van der Waals surface area (Å²) in [6.07, 6.45) is 1.37. The smallest absolute Gasteiger partial charge is 0.227 e. The Balaban J connectivity index is 2.07. The molecule has 1 aliphatic rings. The van der Waals surface area contributed by atoms with Crippen molar-refractivity contribution in [3.05, 3.63) is 41.6 Å². The fourth-order valence-corrected chi connectivity index (χ4v) is 2.71. The molecule has 0 spiro atoms. The minimum Gasteiger partial charge on any atom is -0.384 e. The second-order valence-electron chi connectivity index (χ2n) is 5.17. The number of fused-ring (bicyclic) bond motifs is 1. The van der Waals surface area contributed by atoms with Crippen molar-refractivity contribution < 1.29 is 4.79 Å². The molecule has 0 bridgehead atoms. The molecule has 0 saturated carbocycles. The summed E-state index contributed by atoms with van der Waals surface area (Å²) in [5.41, 5.74) is 11.0. The number of nitrogens with zero attached hydrogens (tertiary/aromatic N) is 2. The summed E-state index contributed by atoms with van der Waals surface area (Å²) in [4.78, 5) is 17.7. The molecule has 102 valence electrons. The monoisotopic (exact) mass is 267 g/mol. The summed E-state index contributed by atoms with van der Waals surface area (Å²) in [6.45, 7) is 1.96. The van der Waals surface area contributed by atoms with E-state index >= 15 is 0 Å². The van der Waals surface area contributed by atoms with Crippen molar-refractivity contribution in [1.82, 2.24) is 4.98 Å². The molecule has 0 aliphatic carbocycles. The van der Waals surface area contributed by atoms with Crippen LogP contribution in [0.5, 0.6) is 0 Å². The lowest BCUT2D eigenvalue weighted by molar-refractivity contribution is -0.118. The summed E-state index contributed by atoms with van der Waals surface area (Å²) >= 11 is 0. The van der Waals surface area contributed by atoms with Crippen molar-refractivity contribution in [3.8, 4) is 11.1 Å². The number of nitrogen functional groups attached to an aromatic ring is 1. The van der Waals surface area contributed by atoms with Gasteiger partial charge in [0.2, 0.25) is 5.91 Å². The van der Waals surface area contributed by atoms with Crippen LogP contribution >= 0.6 is 0 Å². The maximum atomic E-state index is 11.7. The molecule has 4 nitrogen and oxygen atoms in total. The lowest BCUT2D eigenvalue weighted by Gasteiger charge is -2.26. The van der Waals surface area contributed by atoms with Gasteiger partial charge in [-0.15, -0.1) is 0 Å². The van der Waals surface area contributed by atoms with E-state index in [0.717, 1.165) is 28.9 Å². The highest BCUT2D eigenvalue weighted by molar-refractivity contribution is 5.96. The molecule has 1 aliphatic heterocycles. The Kier molecular flexibility index (Phi) is 2.93. The minimum atomic E-state index is 0.176. The van der Waals surface area contributed by atoms with E-state index in [1.54, 1.807) is 4.90 Å². The Morgan fingerprint density at radius 2 is 2.00 bits per heavy atom. The van der Waals surface area contributed by atoms with Crippen molar-refractivity contribution in [3.63, 3.8) is 0 Å². The van der Waals surface area contributed by atoms with E-state index in [1.807, 2.05) is 38.2 Å². The van der Waals surface area contributed by atoms with E-state index in [4.69, 9.17) is 5.73 Å². The maximum absolute atomic E-state index is 11.7. The highest BCUT2D eigenvalue weighted by atomic mass is 16.2. The van der Waals surface area contributed by atoms with Gasteiger partial charge in [-0.05, 0) is 48.7 Å². The molecule has 3 rings (SSSR count). The van der Waals surface area contributed by atoms with Crippen LogP contribution in [0, 0.1) is 6.92 Å². The van der Waals surface area contributed by atoms with Crippen LogP contribution in [-0.2, 0) is 11.2 Å². The molecule has 1 amide bonds. The summed E-state index contributed by atoms with van der Waals surface area (Å²) in [5.74, 6) is 0.713. The zero-order valence-corrected chi connectivity index (χ0v) is 11.7. The van der Waals surface area contributed by atoms with Gasteiger partial charge in [0.25, 0.3) is 0 Å². The fourth-order valence-electron chi connectivity index (χ4n) is 2.71. The first-order chi connectivity index (χ1) is 9.56. The van der Waals surface area contributed by atoms with Gasteiger partial charge < -0.3 is 10.6 Å². The number of rotatable bonds is 1. The predicted octanol–water partition coefficient (Wildman–Crippen LogP) is 2.55. The number of hydrogen-bond acceptors (Lipinski definition) is 3. The average Bonchev–Trinajstić information content (AvgIpc) is 2.43. The van der Waals surface area contributed by atoms with Gasteiger partial charge in [0.1, 0.15) is 5.82 Å². The molecular weight excluding hydrogens is 250 g/mol. The number of anilines is 2. The number of hydrogen-bond donors (Lipinski definition) is 1. The van der Waals surface area contributed by atoms with Gasteiger partial charge in [0.05, 0.1) is 0 Å². The van der Waals surface area contributed by atoms with Crippen LogP contribution in [0.3, 0.4) is 0 Å². The Bertz CT molecular complexity index is 694. The van der Waals surface area contributed by atoms with Crippen LogP contribution in [0.25, 0.3) is 11.1 Å². The minimum absolute atomic E-state index is 0.176. The number of amides is 1. The molecule has 1 aromatic heterocycles. The first-order valence-electron chi connectivity index (χ1n) is 6.69. The second-order valence-corrected chi connectivity index (χ2v) is 5.17. The topological polar surface area (TPSA) is 59.2 Å². The predicted molar refractivity (Wildman–Crippen MR) is 80.6 cm³/mol. The highest BCUT2D eigenvalue weighted by Crippen LogP contribution is 2.32. The summed E-state index contributed by atoms with van der Waals surface area (Å²) in [7, 11) is 1.83. The Labute approximate surface area is 118 Å². The SMILES string of the molecule is Cc1nc(N)ccc1-c1ccc2c(c1)CCC(=O)N2C. The summed E-state index contributed by atoms with van der Waals surface area (Å²) in [5, 5.41) is 0. The van der Waals surface area contributed by atoms with Crippen LogP contribution in [0.4, 0.5) is 11.5 Å². The molecule has 0 unspecified atom stereocenters. The highest BCUT2D eigenvalue weighted by Gasteiger charge is 2.21. The molecular formula is C16H17N3O. The molecule has 0 saturated heterocycles. The summed E-state index contributed by atoms with van der Waals surface area (Å²) in [6, 6.07) is 10.0. The average molecular weight is 267 g/mol. The van der Waals surface area contributed by atoms with Crippen LogP contribution in [0.15, 0.2) is 30.3 Å². The molecule has 2 N–H and O–H groups in total. The molecule has 4 heteroatoms. The van der Waals surface area contributed by atoms with Gasteiger partial charge in [0.15, 0.2) is 0 Å². The number of carbonyl (C=O) groups is 1. The van der Waals surface area contributed by atoms with Crippen LogP contribution in [0.2, 0.25) is 0 Å². The molecule has 0 radical (unpaired) electrons. The summed E-state index contributed by atoms with van der Waals surface area (Å²) < 4.78 is 0. The van der Waals surface area contributed by atoms with Crippen molar-refractivity contribution in [1.29, 1.82) is 0 Å². The lowest BCUT2D eigenvalue weighted by atomic mass is 9.95. The van der Waals surface area contributed by atoms with Crippen molar-refractivity contribution in [2.24, 2.45) is 0 Å². The Morgan fingerprint density at radius 1 is 1.20 bits per heavy atom. The third-order valence-electron chi connectivity index (χ3n) is 3.84. The van der Waals surface area contributed by atoms with E-state index in [0.29, 0.717) is 12.2 Å². The number of nitrogens with two attached hydrogens (primary N) is 1. The molecule has 2 heterocycles. The van der Waals surface area contributed by atoms with Gasteiger partial charge in [-0.2, -0.15) is 0 Å². The molecule has 0 fully saturated rings. The first-order valence-corrected chi connectivity index (χ1v) is 6.69. The number of carbonyl (C=O) groups excluding carboxylic acids is 1. The number of pyridine rings is 1. The lowest BCUT2D eigenvalue weighted by Crippen LogP contribution is -2.30. The van der Waals surface area contributed by atoms with Crippen molar-refractivity contribution in [2.75, 3.05) is 17.7 Å². The van der Waals surface area contributed by atoms with E-state index in [-0.39, 0.29) is 5.91 Å². The van der Waals surface area contributed by atoms with E-state index in [2.05, 4.69) is 11.1 Å². The van der Waals surface area contributed by atoms with Crippen molar-refractivity contribution in [2.45, 2.75) is 19.8 Å². The molecule has 0 atom stereocenters. The normalized spacial score (nSPS) is 14.3. The van der Waals surface area contributed by atoms with Gasteiger partial charge in [-0.3, -0.25) is 4.79 Å². The van der Waals surface area contributed by atoms with Crippen LogP contribution < -0.4 is 10.6 Å². The molecule has 2 aromatic rings. The Hall–Kier alpha value is -2.36. The van der Waals surface area contributed by atoms with Gasteiger partial charge in [-0.1, -0.05) is 6.07 Å². The first kappa shape index (κ1) is 12.7. The number of aryl methyl sites for hydroxylation is 2. The van der Waals surface area contributed by atoms with E-state index < -0.39 is 0 Å². The zero-order chi connectivity index (χ0) is 14.3. The largest absolute Gasteiger partial charge is 0.384 e. The van der Waals surface area contributed by atoms with Gasteiger partial charge in [-0.25, -0.2) is 4.98 Å². The molecule has 20 heavy (non-hydrogen) atoms.